The predicted molar refractivity (Wildman–Crippen MR) is 89.7 cm³/mol. The molecule has 1 saturated carbocycles. The van der Waals surface area contributed by atoms with Crippen LogP contribution in [0.25, 0.3) is 0 Å². The van der Waals surface area contributed by atoms with Gasteiger partial charge in [-0.3, -0.25) is 9.59 Å². The summed E-state index contributed by atoms with van der Waals surface area (Å²) in [7, 11) is 0. The Hall–Kier alpha value is -1.22. The molecule has 0 saturated heterocycles. The van der Waals surface area contributed by atoms with Crippen LogP contribution in [0.15, 0.2) is 22.8 Å². The Balaban J connectivity index is 2.28. The maximum Gasteiger partial charge on any atom is 0.225 e. The Kier molecular flexibility index (Phi) is 3.91. The number of carbonyl (C=O) groups excluding carboxylic acids is 2. The van der Waals surface area contributed by atoms with Crippen molar-refractivity contribution >= 4 is 11.6 Å². The van der Waals surface area contributed by atoms with E-state index in [4.69, 9.17) is 0 Å². The Morgan fingerprint density at radius 2 is 1.83 bits per heavy atom. The van der Waals surface area contributed by atoms with E-state index < -0.39 is 17.3 Å². The van der Waals surface area contributed by atoms with E-state index in [2.05, 4.69) is 13.0 Å². The second kappa shape index (κ2) is 5.41. The molecule has 0 aromatic heterocycles. The average molecular weight is 316 g/mol. The van der Waals surface area contributed by atoms with Crippen LogP contribution < -0.4 is 0 Å². The number of allylic oxidation sites excluding steroid dienone is 2. The summed E-state index contributed by atoms with van der Waals surface area (Å²) in [4.78, 5) is 25.2. The van der Waals surface area contributed by atoms with Gasteiger partial charge in [0.15, 0.2) is 0 Å². The van der Waals surface area contributed by atoms with Crippen molar-refractivity contribution < 1.29 is 14.7 Å². The summed E-state index contributed by atoms with van der Waals surface area (Å²) in [5.74, 6) is -0.709. The van der Waals surface area contributed by atoms with Crippen LogP contribution in [0.3, 0.4) is 0 Å². The van der Waals surface area contributed by atoms with Gasteiger partial charge in [-0.2, -0.15) is 0 Å². The van der Waals surface area contributed by atoms with E-state index in [0.717, 1.165) is 30.4 Å². The van der Waals surface area contributed by atoms with E-state index in [0.29, 0.717) is 11.5 Å². The minimum Gasteiger partial charge on any atom is -0.384 e. The first-order valence-corrected chi connectivity index (χ1v) is 8.90. The second-order valence-electron chi connectivity index (χ2n) is 8.22. The topological polar surface area (TPSA) is 54.4 Å². The molecular formula is C20H28O3. The monoisotopic (exact) mass is 316 g/mol. The molecule has 3 aliphatic rings. The van der Waals surface area contributed by atoms with E-state index >= 15 is 0 Å². The summed E-state index contributed by atoms with van der Waals surface area (Å²) >= 11 is 0. The maximum atomic E-state index is 12.7. The summed E-state index contributed by atoms with van der Waals surface area (Å²) in [5, 5.41) is 11.7. The third kappa shape index (κ3) is 2.20. The second-order valence-corrected chi connectivity index (χ2v) is 8.22. The smallest absolute Gasteiger partial charge is 0.225 e. The quantitative estimate of drug-likeness (QED) is 0.595. The van der Waals surface area contributed by atoms with Crippen LogP contribution in [0.2, 0.25) is 0 Å². The molecule has 0 spiro atoms. The fourth-order valence-electron chi connectivity index (χ4n) is 5.24. The fraction of sp³-hybridized carbons (Fsp3) is 0.700. The lowest BCUT2D eigenvalue weighted by Crippen LogP contribution is -2.60. The molecule has 0 heterocycles. The van der Waals surface area contributed by atoms with Crippen LogP contribution in [0.5, 0.6) is 0 Å². The number of carbonyl (C=O) groups is 2. The lowest BCUT2D eigenvalue weighted by Gasteiger charge is -2.55. The third-order valence-electron chi connectivity index (χ3n) is 6.43. The molecule has 3 heteroatoms. The van der Waals surface area contributed by atoms with Crippen molar-refractivity contribution in [1.82, 2.24) is 0 Å². The van der Waals surface area contributed by atoms with Gasteiger partial charge in [0.05, 0.1) is 5.92 Å². The maximum absolute atomic E-state index is 12.7. The Labute approximate surface area is 138 Å². The molecule has 0 aromatic rings. The summed E-state index contributed by atoms with van der Waals surface area (Å²) in [6, 6.07) is 0. The van der Waals surface area contributed by atoms with Crippen molar-refractivity contribution in [1.29, 1.82) is 0 Å². The van der Waals surface area contributed by atoms with E-state index in [1.807, 2.05) is 20.8 Å². The fourth-order valence-corrected chi connectivity index (χ4v) is 5.24. The Morgan fingerprint density at radius 1 is 1.17 bits per heavy atom. The van der Waals surface area contributed by atoms with Crippen molar-refractivity contribution in [2.24, 2.45) is 29.6 Å². The summed E-state index contributed by atoms with van der Waals surface area (Å²) in [5.41, 5.74) is 1.53. The van der Waals surface area contributed by atoms with E-state index in [9.17, 15) is 14.7 Å². The summed E-state index contributed by atoms with van der Waals surface area (Å²) < 4.78 is 0. The highest BCUT2D eigenvalue weighted by molar-refractivity contribution is 6.45. The van der Waals surface area contributed by atoms with Gasteiger partial charge >= 0.3 is 0 Å². The average Bonchev–Trinajstić information content (AvgIpc) is 2.48. The number of hydrogen-bond donors (Lipinski definition) is 1. The van der Waals surface area contributed by atoms with Gasteiger partial charge < -0.3 is 5.11 Å². The number of aliphatic hydroxyl groups is 1. The predicted octanol–water partition coefficient (Wildman–Crippen LogP) is 3.47. The van der Waals surface area contributed by atoms with Crippen molar-refractivity contribution in [3.8, 4) is 0 Å². The zero-order valence-corrected chi connectivity index (χ0v) is 14.8. The molecule has 2 unspecified atom stereocenters. The highest BCUT2D eigenvalue weighted by Gasteiger charge is 2.60. The molecule has 0 radical (unpaired) electrons. The van der Waals surface area contributed by atoms with Gasteiger partial charge in [-0.1, -0.05) is 32.4 Å². The van der Waals surface area contributed by atoms with Crippen molar-refractivity contribution in [3.05, 3.63) is 22.8 Å². The zero-order valence-electron chi connectivity index (χ0n) is 14.8. The van der Waals surface area contributed by atoms with Gasteiger partial charge in [0, 0.05) is 11.5 Å². The lowest BCUT2D eigenvalue weighted by atomic mass is 9.51. The van der Waals surface area contributed by atoms with E-state index in [-0.39, 0.29) is 23.5 Å². The normalized spacial score (nSPS) is 43.3. The zero-order chi connectivity index (χ0) is 17.1. The summed E-state index contributed by atoms with van der Waals surface area (Å²) in [6.07, 6.45) is 4.93. The van der Waals surface area contributed by atoms with Crippen LogP contribution in [-0.2, 0) is 9.59 Å². The van der Waals surface area contributed by atoms with Crippen LogP contribution in [0, 0.1) is 29.6 Å². The van der Waals surface area contributed by atoms with Gasteiger partial charge in [-0.05, 0) is 56.4 Å². The Bertz CT molecular complexity index is 623. The highest BCUT2D eigenvalue weighted by Crippen LogP contribution is 2.57. The molecule has 0 bridgehead atoms. The molecule has 126 valence electrons. The minimum atomic E-state index is -1.18. The molecule has 23 heavy (non-hydrogen) atoms. The molecule has 0 amide bonds. The third-order valence-corrected chi connectivity index (χ3v) is 6.43. The van der Waals surface area contributed by atoms with Gasteiger partial charge in [-0.15, -0.1) is 0 Å². The highest BCUT2D eigenvalue weighted by atomic mass is 16.3. The largest absolute Gasteiger partial charge is 0.384 e. The lowest BCUT2D eigenvalue weighted by molar-refractivity contribution is -0.148. The minimum absolute atomic E-state index is 0.0781. The SMILES string of the molecule is CC(C)=C[C@H]1C[C@H](C)[C@H]2CC[C@H](C)C3=C2C1(O)C(C)C(=O)C3=O. The standard InChI is InChI=1S/C20H28O3/c1-10(2)8-14-9-12(4)15-7-6-11(3)16-17(15)20(14,23)13(5)18(21)19(16)22/h8,11-15,23H,6-7,9H2,1-5H3/t11-,12-,13?,14-,15+,20?/m0/s1. The van der Waals surface area contributed by atoms with E-state index in [1.165, 1.54) is 0 Å². The first kappa shape index (κ1) is 16.6. The number of rotatable bonds is 1. The van der Waals surface area contributed by atoms with Gasteiger partial charge in [-0.25, -0.2) is 0 Å². The number of Topliss-reactive ketones (excluding diaryl/α,β-unsaturated/α-hetero) is 2. The molecule has 3 nitrogen and oxygen atoms in total. The molecule has 6 atom stereocenters. The number of ketones is 2. The molecule has 3 rings (SSSR count). The van der Waals surface area contributed by atoms with Crippen molar-refractivity contribution in [3.63, 3.8) is 0 Å². The molecule has 0 aliphatic heterocycles. The first-order chi connectivity index (χ1) is 10.7. The number of hydrogen-bond acceptors (Lipinski definition) is 3. The van der Waals surface area contributed by atoms with Crippen LogP contribution in [0.4, 0.5) is 0 Å². The van der Waals surface area contributed by atoms with Gasteiger partial charge in [0.1, 0.15) is 5.60 Å². The van der Waals surface area contributed by atoms with Crippen molar-refractivity contribution in [2.75, 3.05) is 0 Å². The molecular weight excluding hydrogens is 288 g/mol. The van der Waals surface area contributed by atoms with Crippen LogP contribution in [0.1, 0.15) is 53.9 Å². The Morgan fingerprint density at radius 3 is 2.43 bits per heavy atom. The first-order valence-electron chi connectivity index (χ1n) is 8.90. The van der Waals surface area contributed by atoms with Gasteiger partial charge in [0.25, 0.3) is 0 Å². The van der Waals surface area contributed by atoms with Crippen LogP contribution >= 0.6 is 0 Å². The molecule has 3 aliphatic carbocycles. The van der Waals surface area contributed by atoms with Gasteiger partial charge in [0.2, 0.25) is 11.6 Å². The molecule has 1 N–H and O–H groups in total. The molecule has 0 aromatic carbocycles. The van der Waals surface area contributed by atoms with E-state index in [1.54, 1.807) is 6.92 Å². The van der Waals surface area contributed by atoms with Crippen LogP contribution in [-0.4, -0.2) is 22.3 Å². The summed E-state index contributed by atoms with van der Waals surface area (Å²) in [6.45, 7) is 10.0. The molecule has 1 fully saturated rings. The van der Waals surface area contributed by atoms with Crippen molar-refractivity contribution in [2.45, 2.75) is 59.5 Å².